The second-order valence-electron chi connectivity index (χ2n) is 9.82. The van der Waals surface area contributed by atoms with Crippen LogP contribution in [0.4, 0.5) is 13.6 Å². The molecule has 0 aromatic heterocycles. The Balaban J connectivity index is 1.18. The Kier molecular flexibility index (Phi) is 5.63. The summed E-state index contributed by atoms with van der Waals surface area (Å²) in [5.41, 5.74) is 6.76. The smallest absolute Gasteiger partial charge is 0.410 e. The zero-order chi connectivity index (χ0) is 23.9. The van der Waals surface area contributed by atoms with Gasteiger partial charge in [-0.3, -0.25) is 4.90 Å². The van der Waals surface area contributed by atoms with Crippen LogP contribution in [0.25, 0.3) is 11.1 Å². The lowest BCUT2D eigenvalue weighted by atomic mass is 9.83. The number of rotatable bonds is 4. The largest absolute Gasteiger partial charge is 0.448 e. The lowest BCUT2D eigenvalue weighted by molar-refractivity contribution is 0.0509. The predicted octanol–water partition coefficient (Wildman–Crippen LogP) is 7.01. The molecule has 178 valence electrons. The fraction of sp³-hybridized carbons (Fsp3) is 0.300. The van der Waals surface area contributed by atoms with Gasteiger partial charge in [-0.05, 0) is 72.1 Å². The molecule has 2 heterocycles. The van der Waals surface area contributed by atoms with Gasteiger partial charge in [0.15, 0.2) is 11.6 Å². The van der Waals surface area contributed by atoms with E-state index in [4.69, 9.17) is 4.74 Å². The highest BCUT2D eigenvalue weighted by molar-refractivity contribution is 5.79. The molecule has 1 fully saturated rings. The Morgan fingerprint density at radius 3 is 2.31 bits per heavy atom. The minimum atomic E-state index is -0.829. The van der Waals surface area contributed by atoms with Crippen molar-refractivity contribution in [2.45, 2.75) is 50.1 Å². The monoisotopic (exact) mass is 471 g/mol. The topological polar surface area (TPSA) is 29.5 Å². The van der Waals surface area contributed by atoms with Gasteiger partial charge in [0.05, 0.1) is 6.04 Å². The SMILES string of the molecule is O=C(OCC1c2ccccc2-c2ccccc21)N1C2C=C(Cc3ccc(F)c(F)c3)CC1CCC2. The van der Waals surface area contributed by atoms with Crippen molar-refractivity contribution in [3.63, 3.8) is 0 Å². The summed E-state index contributed by atoms with van der Waals surface area (Å²) in [6.07, 6.45) is 6.07. The predicted molar refractivity (Wildman–Crippen MR) is 131 cm³/mol. The fourth-order valence-corrected chi connectivity index (χ4v) is 6.11. The van der Waals surface area contributed by atoms with Gasteiger partial charge in [0.1, 0.15) is 6.61 Å². The first-order valence-electron chi connectivity index (χ1n) is 12.4. The first-order chi connectivity index (χ1) is 17.1. The number of piperidine rings is 1. The van der Waals surface area contributed by atoms with Gasteiger partial charge in [-0.1, -0.05) is 66.2 Å². The van der Waals surface area contributed by atoms with E-state index in [1.54, 1.807) is 6.07 Å². The lowest BCUT2D eigenvalue weighted by Gasteiger charge is -2.44. The zero-order valence-corrected chi connectivity index (χ0v) is 19.4. The Morgan fingerprint density at radius 2 is 1.63 bits per heavy atom. The Labute approximate surface area is 204 Å². The maximum atomic E-state index is 13.7. The number of ether oxygens (including phenoxy) is 1. The zero-order valence-electron chi connectivity index (χ0n) is 19.4. The maximum absolute atomic E-state index is 13.7. The number of fused-ring (bicyclic) bond motifs is 5. The molecule has 0 saturated carbocycles. The van der Waals surface area contributed by atoms with Gasteiger partial charge < -0.3 is 4.74 Å². The normalized spacial score (nSPS) is 20.7. The molecular formula is C30H27F2NO2. The van der Waals surface area contributed by atoms with E-state index in [0.29, 0.717) is 13.0 Å². The van der Waals surface area contributed by atoms with Crippen molar-refractivity contribution in [1.29, 1.82) is 0 Å². The fourth-order valence-electron chi connectivity index (χ4n) is 6.11. The summed E-state index contributed by atoms with van der Waals surface area (Å²) in [4.78, 5) is 15.2. The average molecular weight is 472 g/mol. The third-order valence-electron chi connectivity index (χ3n) is 7.68. The van der Waals surface area contributed by atoms with Crippen molar-refractivity contribution >= 4 is 6.09 Å². The molecule has 2 bridgehead atoms. The molecule has 1 saturated heterocycles. The standard InChI is InChI=1S/C30H27F2NO2/c31-28-13-12-19(17-29(28)32)14-20-15-21-6-5-7-22(16-20)33(21)30(34)35-18-27-25-10-3-1-8-23(25)24-9-2-4-11-26(24)27/h1-4,8-13,15,17,21-22,27H,5-7,14,16,18H2. The van der Waals surface area contributed by atoms with Gasteiger partial charge in [-0.25, -0.2) is 13.6 Å². The molecule has 2 atom stereocenters. The van der Waals surface area contributed by atoms with Crippen LogP contribution in [0.2, 0.25) is 0 Å². The summed E-state index contributed by atoms with van der Waals surface area (Å²) in [6.45, 7) is 0.314. The van der Waals surface area contributed by atoms with Gasteiger partial charge in [-0.2, -0.15) is 0 Å². The number of nitrogens with zero attached hydrogens (tertiary/aromatic N) is 1. The highest BCUT2D eigenvalue weighted by Crippen LogP contribution is 2.45. The van der Waals surface area contributed by atoms with E-state index >= 15 is 0 Å². The van der Waals surface area contributed by atoms with Crippen LogP contribution in [-0.2, 0) is 11.2 Å². The van der Waals surface area contributed by atoms with Crippen molar-refractivity contribution in [1.82, 2.24) is 4.90 Å². The molecule has 1 aliphatic carbocycles. The van der Waals surface area contributed by atoms with Gasteiger partial charge in [0.2, 0.25) is 0 Å². The van der Waals surface area contributed by atoms with E-state index < -0.39 is 11.6 Å². The van der Waals surface area contributed by atoms with E-state index in [9.17, 15) is 13.6 Å². The quantitative estimate of drug-likeness (QED) is 0.383. The number of hydrogen-bond acceptors (Lipinski definition) is 2. The molecule has 0 N–H and O–H groups in total. The molecule has 35 heavy (non-hydrogen) atoms. The van der Waals surface area contributed by atoms with Crippen molar-refractivity contribution in [2.24, 2.45) is 0 Å². The molecule has 3 nitrogen and oxygen atoms in total. The second-order valence-corrected chi connectivity index (χ2v) is 9.82. The summed E-state index contributed by atoms with van der Waals surface area (Å²) in [5, 5.41) is 0. The molecule has 1 amide bonds. The van der Waals surface area contributed by atoms with Gasteiger partial charge >= 0.3 is 6.09 Å². The van der Waals surface area contributed by atoms with E-state index in [-0.39, 0.29) is 24.1 Å². The van der Waals surface area contributed by atoms with Crippen LogP contribution in [-0.4, -0.2) is 29.7 Å². The van der Waals surface area contributed by atoms with E-state index in [0.717, 1.165) is 31.2 Å². The number of carbonyl (C=O) groups is 1. The van der Waals surface area contributed by atoms with Crippen molar-refractivity contribution in [3.8, 4) is 11.1 Å². The van der Waals surface area contributed by atoms with Gasteiger partial charge in [-0.15, -0.1) is 0 Å². The van der Waals surface area contributed by atoms with E-state index in [1.807, 2.05) is 29.2 Å². The van der Waals surface area contributed by atoms with Crippen LogP contribution in [0.15, 0.2) is 78.4 Å². The third-order valence-corrected chi connectivity index (χ3v) is 7.68. The van der Waals surface area contributed by atoms with Crippen LogP contribution in [0.5, 0.6) is 0 Å². The van der Waals surface area contributed by atoms with E-state index in [2.05, 4.69) is 30.3 Å². The summed E-state index contributed by atoms with van der Waals surface area (Å²) in [5.74, 6) is -1.61. The van der Waals surface area contributed by atoms with Crippen molar-refractivity contribution < 1.29 is 18.3 Å². The summed E-state index contributed by atoms with van der Waals surface area (Å²) in [7, 11) is 0. The molecule has 0 spiro atoms. The number of hydrogen-bond donors (Lipinski definition) is 0. The van der Waals surface area contributed by atoms with Crippen LogP contribution in [0.3, 0.4) is 0 Å². The summed E-state index contributed by atoms with van der Waals surface area (Å²) < 4.78 is 32.9. The van der Waals surface area contributed by atoms with E-state index in [1.165, 1.54) is 40.0 Å². The highest BCUT2D eigenvalue weighted by Gasteiger charge is 2.38. The second kappa shape index (κ2) is 8.95. The minimum Gasteiger partial charge on any atom is -0.448 e. The molecule has 2 aliphatic heterocycles. The van der Waals surface area contributed by atoms with Gasteiger partial charge in [0.25, 0.3) is 0 Å². The van der Waals surface area contributed by atoms with Crippen LogP contribution >= 0.6 is 0 Å². The number of benzene rings is 3. The Morgan fingerprint density at radius 1 is 0.914 bits per heavy atom. The average Bonchev–Trinajstić information content (AvgIpc) is 3.18. The summed E-state index contributed by atoms with van der Waals surface area (Å²) in [6, 6.07) is 20.8. The number of halogens is 2. The molecule has 6 rings (SSSR count). The van der Waals surface area contributed by atoms with Gasteiger partial charge in [0, 0.05) is 12.0 Å². The molecule has 2 unspecified atom stereocenters. The lowest BCUT2D eigenvalue weighted by Crippen LogP contribution is -2.52. The molecule has 0 radical (unpaired) electrons. The first-order valence-corrected chi connectivity index (χ1v) is 12.4. The number of amides is 1. The molecule has 3 aromatic carbocycles. The first kappa shape index (κ1) is 22.0. The molecular weight excluding hydrogens is 444 g/mol. The van der Waals surface area contributed by atoms with Crippen molar-refractivity contribution in [3.05, 3.63) is 107 Å². The summed E-state index contributed by atoms with van der Waals surface area (Å²) >= 11 is 0. The molecule has 3 aliphatic rings. The Hall–Kier alpha value is -3.47. The van der Waals surface area contributed by atoms with Crippen LogP contribution < -0.4 is 0 Å². The minimum absolute atomic E-state index is 0.0153. The maximum Gasteiger partial charge on any atom is 0.410 e. The van der Waals surface area contributed by atoms with Crippen LogP contribution in [0, 0.1) is 11.6 Å². The molecule has 3 aromatic rings. The Bertz CT molecular complexity index is 1270. The third kappa shape index (κ3) is 4.03. The van der Waals surface area contributed by atoms with Crippen molar-refractivity contribution in [2.75, 3.05) is 6.61 Å². The van der Waals surface area contributed by atoms with Crippen LogP contribution in [0.1, 0.15) is 48.3 Å². The number of carbonyl (C=O) groups excluding carboxylic acids is 1. The highest BCUT2D eigenvalue weighted by atomic mass is 19.2. The molecule has 5 heteroatoms.